The van der Waals surface area contributed by atoms with Gasteiger partial charge in [0.2, 0.25) is 5.91 Å². The Labute approximate surface area is 126 Å². The van der Waals surface area contributed by atoms with Gasteiger partial charge in [-0.05, 0) is 35.6 Å². The molecule has 110 valence electrons. The summed E-state index contributed by atoms with van der Waals surface area (Å²) in [4.78, 5) is 12.2. The molecule has 0 saturated carbocycles. The average molecular weight is 282 g/mol. The lowest BCUT2D eigenvalue weighted by Crippen LogP contribution is -2.37. The third kappa shape index (κ3) is 4.43. The fraction of sp³-hybridized carbons (Fsp3) is 0.278. The van der Waals surface area contributed by atoms with E-state index in [4.69, 9.17) is 5.73 Å². The molecule has 0 fully saturated rings. The van der Waals surface area contributed by atoms with Crippen LogP contribution in [0.3, 0.4) is 0 Å². The van der Waals surface area contributed by atoms with E-state index in [0.717, 1.165) is 11.3 Å². The first-order valence-electron chi connectivity index (χ1n) is 7.26. The Kier molecular flexibility index (Phi) is 5.12. The van der Waals surface area contributed by atoms with Crippen LogP contribution in [-0.4, -0.2) is 11.9 Å². The molecule has 2 aromatic rings. The van der Waals surface area contributed by atoms with Crippen molar-refractivity contribution in [2.75, 3.05) is 5.32 Å². The van der Waals surface area contributed by atoms with Gasteiger partial charge in [-0.2, -0.15) is 0 Å². The normalized spacial score (nSPS) is 12.2. The summed E-state index contributed by atoms with van der Waals surface area (Å²) in [6.07, 6.45) is 0.538. The van der Waals surface area contributed by atoms with Gasteiger partial charge in [0.15, 0.2) is 0 Å². The van der Waals surface area contributed by atoms with Gasteiger partial charge in [-0.1, -0.05) is 56.3 Å². The number of hydrogen-bond donors (Lipinski definition) is 2. The summed E-state index contributed by atoms with van der Waals surface area (Å²) in [6, 6.07) is 17.2. The standard InChI is InChI=1S/C18H22N2O/c1-13(2)15-9-6-10-16(12-15)20-18(21)17(19)11-14-7-4-3-5-8-14/h3-10,12-13,17H,11,19H2,1-2H3,(H,20,21)/t17-/m1/s1. The summed E-state index contributed by atoms with van der Waals surface area (Å²) in [5.74, 6) is 0.277. The van der Waals surface area contributed by atoms with Crippen molar-refractivity contribution in [1.29, 1.82) is 0 Å². The summed E-state index contributed by atoms with van der Waals surface area (Å²) < 4.78 is 0. The molecular formula is C18H22N2O. The molecule has 21 heavy (non-hydrogen) atoms. The molecule has 0 aliphatic heterocycles. The van der Waals surface area contributed by atoms with Crippen LogP contribution in [0.15, 0.2) is 54.6 Å². The molecule has 0 aromatic heterocycles. The molecule has 0 bridgehead atoms. The molecule has 2 rings (SSSR count). The quantitative estimate of drug-likeness (QED) is 0.884. The number of amides is 1. The first kappa shape index (κ1) is 15.3. The van der Waals surface area contributed by atoms with E-state index >= 15 is 0 Å². The fourth-order valence-corrected chi connectivity index (χ4v) is 2.17. The van der Waals surface area contributed by atoms with Gasteiger partial charge in [0, 0.05) is 5.69 Å². The van der Waals surface area contributed by atoms with Crippen molar-refractivity contribution >= 4 is 11.6 Å². The molecule has 0 aliphatic rings. The van der Waals surface area contributed by atoms with Crippen molar-refractivity contribution in [2.24, 2.45) is 5.73 Å². The smallest absolute Gasteiger partial charge is 0.241 e. The van der Waals surface area contributed by atoms with Crippen LogP contribution in [0.1, 0.15) is 30.9 Å². The average Bonchev–Trinajstić information content (AvgIpc) is 2.48. The minimum absolute atomic E-state index is 0.153. The second-order valence-corrected chi connectivity index (χ2v) is 5.57. The van der Waals surface area contributed by atoms with Crippen LogP contribution in [0, 0.1) is 0 Å². The highest BCUT2D eigenvalue weighted by molar-refractivity contribution is 5.94. The first-order valence-corrected chi connectivity index (χ1v) is 7.26. The lowest BCUT2D eigenvalue weighted by Gasteiger charge is -2.14. The molecule has 3 N–H and O–H groups in total. The third-order valence-corrected chi connectivity index (χ3v) is 3.46. The second-order valence-electron chi connectivity index (χ2n) is 5.57. The van der Waals surface area contributed by atoms with Crippen LogP contribution >= 0.6 is 0 Å². The highest BCUT2D eigenvalue weighted by atomic mass is 16.2. The Morgan fingerprint density at radius 2 is 1.81 bits per heavy atom. The van der Waals surface area contributed by atoms with Gasteiger partial charge in [-0.15, -0.1) is 0 Å². The summed E-state index contributed by atoms with van der Waals surface area (Å²) in [5.41, 5.74) is 9.05. The second kappa shape index (κ2) is 7.04. The molecule has 3 nitrogen and oxygen atoms in total. The lowest BCUT2D eigenvalue weighted by atomic mass is 10.0. The van der Waals surface area contributed by atoms with Crippen molar-refractivity contribution in [3.63, 3.8) is 0 Å². The number of carbonyl (C=O) groups excluding carboxylic acids is 1. The van der Waals surface area contributed by atoms with Crippen LogP contribution in [0.4, 0.5) is 5.69 Å². The van der Waals surface area contributed by atoms with Gasteiger partial charge in [0.25, 0.3) is 0 Å². The predicted octanol–water partition coefficient (Wildman–Crippen LogP) is 3.32. The van der Waals surface area contributed by atoms with E-state index in [1.807, 2.05) is 48.5 Å². The van der Waals surface area contributed by atoms with E-state index < -0.39 is 6.04 Å². The molecule has 3 heteroatoms. The summed E-state index contributed by atoms with van der Waals surface area (Å²) in [7, 11) is 0. The summed E-state index contributed by atoms with van der Waals surface area (Å²) >= 11 is 0. The number of anilines is 1. The van der Waals surface area contributed by atoms with E-state index in [2.05, 4.69) is 25.2 Å². The number of carbonyl (C=O) groups is 1. The SMILES string of the molecule is CC(C)c1cccc(NC(=O)[C@H](N)Cc2ccccc2)c1. The van der Waals surface area contributed by atoms with Crippen molar-refractivity contribution in [3.05, 3.63) is 65.7 Å². The van der Waals surface area contributed by atoms with Crippen molar-refractivity contribution in [1.82, 2.24) is 0 Å². The van der Waals surface area contributed by atoms with Crippen LogP contribution in [0.5, 0.6) is 0 Å². The molecule has 0 unspecified atom stereocenters. The fourth-order valence-electron chi connectivity index (χ4n) is 2.17. The van der Waals surface area contributed by atoms with Crippen molar-refractivity contribution in [3.8, 4) is 0 Å². The molecule has 0 spiro atoms. The van der Waals surface area contributed by atoms with Gasteiger partial charge in [-0.25, -0.2) is 0 Å². The van der Waals surface area contributed by atoms with E-state index in [9.17, 15) is 4.79 Å². The number of benzene rings is 2. The van der Waals surface area contributed by atoms with Gasteiger partial charge < -0.3 is 11.1 Å². The number of rotatable bonds is 5. The van der Waals surface area contributed by atoms with Crippen LogP contribution in [0.2, 0.25) is 0 Å². The van der Waals surface area contributed by atoms with Gasteiger partial charge in [0.1, 0.15) is 0 Å². The van der Waals surface area contributed by atoms with Crippen LogP contribution < -0.4 is 11.1 Å². The molecular weight excluding hydrogens is 260 g/mol. The highest BCUT2D eigenvalue weighted by Gasteiger charge is 2.14. The molecule has 0 saturated heterocycles. The molecule has 1 atom stereocenters. The molecule has 0 radical (unpaired) electrons. The van der Waals surface area contributed by atoms with Gasteiger partial charge in [0.05, 0.1) is 6.04 Å². The number of nitrogens with two attached hydrogens (primary N) is 1. The zero-order valence-corrected chi connectivity index (χ0v) is 12.5. The topological polar surface area (TPSA) is 55.1 Å². The Bertz CT molecular complexity index is 593. The first-order chi connectivity index (χ1) is 10.1. The third-order valence-electron chi connectivity index (χ3n) is 3.46. The number of nitrogens with one attached hydrogen (secondary N) is 1. The minimum atomic E-state index is -0.546. The number of hydrogen-bond acceptors (Lipinski definition) is 2. The van der Waals surface area contributed by atoms with Gasteiger partial charge in [-0.3, -0.25) is 4.79 Å². The van der Waals surface area contributed by atoms with Crippen LogP contribution in [0.25, 0.3) is 0 Å². The maximum absolute atomic E-state index is 12.2. The summed E-state index contributed by atoms with van der Waals surface area (Å²) in [6.45, 7) is 4.25. The maximum atomic E-state index is 12.2. The Balaban J connectivity index is 1.99. The zero-order chi connectivity index (χ0) is 15.2. The molecule has 2 aromatic carbocycles. The van der Waals surface area contributed by atoms with E-state index in [0.29, 0.717) is 12.3 Å². The van der Waals surface area contributed by atoms with Crippen molar-refractivity contribution in [2.45, 2.75) is 32.2 Å². The summed E-state index contributed by atoms with van der Waals surface area (Å²) in [5, 5.41) is 2.89. The van der Waals surface area contributed by atoms with Gasteiger partial charge >= 0.3 is 0 Å². The molecule has 0 aliphatic carbocycles. The largest absolute Gasteiger partial charge is 0.325 e. The zero-order valence-electron chi connectivity index (χ0n) is 12.5. The van der Waals surface area contributed by atoms with E-state index in [1.54, 1.807) is 0 Å². The Morgan fingerprint density at radius 1 is 1.10 bits per heavy atom. The minimum Gasteiger partial charge on any atom is -0.325 e. The maximum Gasteiger partial charge on any atom is 0.241 e. The predicted molar refractivity (Wildman–Crippen MR) is 87.3 cm³/mol. The van der Waals surface area contributed by atoms with Crippen molar-refractivity contribution < 1.29 is 4.79 Å². The molecule has 1 amide bonds. The van der Waals surface area contributed by atoms with E-state index in [-0.39, 0.29) is 5.91 Å². The highest BCUT2D eigenvalue weighted by Crippen LogP contribution is 2.18. The Morgan fingerprint density at radius 3 is 2.48 bits per heavy atom. The monoisotopic (exact) mass is 282 g/mol. The van der Waals surface area contributed by atoms with E-state index in [1.165, 1.54) is 5.56 Å². The van der Waals surface area contributed by atoms with Crippen LogP contribution in [-0.2, 0) is 11.2 Å². The Hall–Kier alpha value is -2.13. The lowest BCUT2D eigenvalue weighted by molar-refractivity contribution is -0.117. The molecule has 0 heterocycles.